The lowest BCUT2D eigenvalue weighted by Crippen LogP contribution is -2.30. The van der Waals surface area contributed by atoms with E-state index in [4.69, 9.17) is 0 Å². The van der Waals surface area contributed by atoms with Crippen molar-refractivity contribution >= 4 is 43.1 Å². The van der Waals surface area contributed by atoms with E-state index in [2.05, 4.69) is 349 Å². The minimum Gasteiger partial charge on any atom is -0.265 e. The number of benzene rings is 8. The molecule has 9 heteroatoms. The van der Waals surface area contributed by atoms with E-state index in [-0.39, 0.29) is 0 Å². The molecule has 0 radical (unpaired) electrons. The molecule has 0 spiro atoms. The molecule has 16 rings (SSSR count). The van der Waals surface area contributed by atoms with Crippen molar-refractivity contribution in [2.45, 2.75) is 83.1 Å². The Morgan fingerprint density at radius 1 is 0.240 bits per heavy atom. The van der Waals surface area contributed by atoms with Crippen LogP contribution in [0, 0.1) is 83.1 Å². The van der Waals surface area contributed by atoms with Crippen molar-refractivity contribution in [2.75, 3.05) is 0 Å². The van der Waals surface area contributed by atoms with Crippen LogP contribution < -0.4 is 18.3 Å². The zero-order valence-corrected chi connectivity index (χ0v) is 62.9. The Morgan fingerprint density at radius 3 is 0.942 bits per heavy atom. The van der Waals surface area contributed by atoms with Crippen LogP contribution in [0.4, 0.5) is 0 Å². The fraction of sp³-hybridized carbons (Fsp3) is 0.168. The molecule has 0 saturated carbocycles. The molecule has 512 valence electrons. The van der Waals surface area contributed by atoms with Crippen LogP contribution in [0.15, 0.2) is 262 Å². The van der Waals surface area contributed by atoms with E-state index in [0.717, 1.165) is 28.1 Å². The molecule has 0 saturated heterocycles. The number of hydrogen-bond donors (Lipinski definition) is 0. The summed E-state index contributed by atoms with van der Waals surface area (Å²) in [5.74, 6) is 0. The van der Waals surface area contributed by atoms with Gasteiger partial charge in [0.05, 0.1) is 11.4 Å². The SMILES string of the molecule is Cc1cc(C)c(C)c(-c2cc3ccc(-c4ccccn4)cc3c[n+]2C)c1.Cc1cc(C)c(C)c(-c2cc3ccc(-c4cccnc4)cc3c[n+]2C)c1.Cc1cc(C)c(C)c(-c2cc3ccc(-c4ccncc4)cc3c[n+]2C)c1.Cc1cc(C)c(C)c(-c2cc3ccc(-c4ccncn4)cc3c[n+]2C)c1. The fourth-order valence-corrected chi connectivity index (χ4v) is 14.4. The van der Waals surface area contributed by atoms with E-state index in [9.17, 15) is 0 Å². The molecule has 16 aromatic rings. The van der Waals surface area contributed by atoms with Crippen LogP contribution in [0.2, 0.25) is 0 Å². The largest absolute Gasteiger partial charge is 0.265 e. The summed E-state index contributed by atoms with van der Waals surface area (Å²) in [6.45, 7) is 26.2. The molecule has 0 aliphatic rings. The Labute approximate surface area is 612 Å². The summed E-state index contributed by atoms with van der Waals surface area (Å²) in [6.07, 6.45) is 21.5. The monoisotopic (exact) mass is 1360 g/mol. The maximum atomic E-state index is 4.47. The molecular weight excluding hydrogens is 1270 g/mol. The third-order valence-corrected chi connectivity index (χ3v) is 20.6. The molecule has 9 nitrogen and oxygen atoms in total. The first-order chi connectivity index (χ1) is 50.1. The van der Waals surface area contributed by atoms with Crippen LogP contribution in [0.25, 0.3) is 133 Å². The molecule has 8 aromatic carbocycles. The maximum absolute atomic E-state index is 4.47. The Morgan fingerprint density at radius 2 is 0.596 bits per heavy atom. The van der Waals surface area contributed by atoms with E-state index >= 15 is 0 Å². The Bertz CT molecular complexity index is 5180. The van der Waals surface area contributed by atoms with Gasteiger partial charge in [0.15, 0.2) is 24.8 Å². The normalized spacial score (nSPS) is 11.1. The van der Waals surface area contributed by atoms with Gasteiger partial charge in [-0.1, -0.05) is 107 Å². The van der Waals surface area contributed by atoms with Crippen molar-refractivity contribution in [3.8, 4) is 89.8 Å². The van der Waals surface area contributed by atoms with Crippen molar-refractivity contribution in [1.82, 2.24) is 24.9 Å². The van der Waals surface area contributed by atoms with Crippen molar-refractivity contribution in [1.29, 1.82) is 0 Å². The topological polar surface area (TPSA) is 80.0 Å². The number of aromatic nitrogens is 9. The van der Waals surface area contributed by atoms with Gasteiger partial charge >= 0.3 is 0 Å². The number of aryl methyl sites for hydroxylation is 12. The first-order valence-corrected chi connectivity index (χ1v) is 35.7. The van der Waals surface area contributed by atoms with Crippen LogP contribution in [-0.4, -0.2) is 24.9 Å². The van der Waals surface area contributed by atoms with Crippen LogP contribution in [0.5, 0.6) is 0 Å². The zero-order valence-electron chi connectivity index (χ0n) is 62.9. The lowest BCUT2D eigenvalue weighted by molar-refractivity contribution is -0.659. The van der Waals surface area contributed by atoms with E-state index in [1.54, 1.807) is 12.5 Å². The van der Waals surface area contributed by atoms with Gasteiger partial charge in [-0.25, -0.2) is 28.2 Å². The molecule has 0 amide bonds. The smallest absolute Gasteiger partial charge is 0.213 e. The Kier molecular flexibility index (Phi) is 20.5. The van der Waals surface area contributed by atoms with Crippen molar-refractivity contribution in [2.24, 2.45) is 28.2 Å². The lowest BCUT2D eigenvalue weighted by atomic mass is 9.96. The Balaban J connectivity index is 0.000000123. The predicted octanol–water partition coefficient (Wildman–Crippen LogP) is 20.7. The van der Waals surface area contributed by atoms with Gasteiger partial charge in [0.2, 0.25) is 22.8 Å². The molecule has 8 heterocycles. The third-order valence-electron chi connectivity index (χ3n) is 20.6. The average Bonchev–Trinajstić information content (AvgIpc) is 0.794. The van der Waals surface area contributed by atoms with E-state index in [1.165, 1.54) is 172 Å². The minimum atomic E-state index is 0.943. The highest BCUT2D eigenvalue weighted by atomic mass is 14.9. The molecule has 0 bridgehead atoms. The van der Waals surface area contributed by atoms with Gasteiger partial charge in [-0.3, -0.25) is 15.0 Å². The summed E-state index contributed by atoms with van der Waals surface area (Å²) < 4.78 is 8.91. The fourth-order valence-electron chi connectivity index (χ4n) is 14.4. The van der Waals surface area contributed by atoms with Crippen LogP contribution in [0.1, 0.15) is 66.8 Å². The summed E-state index contributed by atoms with van der Waals surface area (Å²) in [5, 5.41) is 9.90. The van der Waals surface area contributed by atoms with Gasteiger partial charge in [-0.05, 0) is 251 Å². The van der Waals surface area contributed by atoms with Crippen molar-refractivity contribution < 1.29 is 18.3 Å². The molecule has 0 unspecified atom stereocenters. The van der Waals surface area contributed by atoms with Gasteiger partial charge in [0, 0.05) is 122 Å². The summed E-state index contributed by atoms with van der Waals surface area (Å²) >= 11 is 0. The number of rotatable bonds is 8. The highest BCUT2D eigenvalue weighted by Crippen LogP contribution is 2.35. The number of pyridine rings is 7. The van der Waals surface area contributed by atoms with Crippen molar-refractivity contribution in [3.63, 3.8) is 0 Å². The van der Waals surface area contributed by atoms with Crippen LogP contribution in [0.3, 0.4) is 0 Å². The highest BCUT2D eigenvalue weighted by molar-refractivity contribution is 5.92. The predicted molar refractivity (Wildman–Crippen MR) is 430 cm³/mol. The molecular formula is C95H91N9+4. The van der Waals surface area contributed by atoms with E-state index in [0.29, 0.717) is 0 Å². The average molecular weight is 1360 g/mol. The van der Waals surface area contributed by atoms with Gasteiger partial charge in [0.1, 0.15) is 34.5 Å². The highest BCUT2D eigenvalue weighted by Gasteiger charge is 2.22. The molecule has 0 aliphatic heterocycles. The molecule has 0 fully saturated rings. The van der Waals surface area contributed by atoms with E-state index < -0.39 is 0 Å². The summed E-state index contributed by atoms with van der Waals surface area (Å²) in [4.78, 5) is 21.2. The second kappa shape index (κ2) is 30.2. The molecule has 0 atom stereocenters. The third kappa shape index (κ3) is 15.3. The molecule has 8 aromatic heterocycles. The lowest BCUT2D eigenvalue weighted by Gasteiger charge is -2.10. The minimum absolute atomic E-state index is 0.943. The molecule has 0 N–H and O–H groups in total. The standard InChI is InChI=1S/3C24H23N2.C23H22N3/c1-16-11-17(2)18(3)23(12-16)24-14-21-6-5-20(13-22(21)15-26(24)4)19-7-9-25-10-8-19;1-16-10-17(2)18(3)23(11-16)24-13-20-8-7-19(12-22(20)15-26(24)4)21-6-5-9-25-14-21;1-16-11-17(2)18(3)22(12-16)24-14-19-8-9-20(13-21(19)15-26(24)4)23-7-5-6-10-25-23;1-15-9-16(2)17(3)21(10-15)23-12-18-5-6-19(11-20(18)13-26(23)4)22-7-8-24-14-25-22/h3*5-15H,1-4H3;5-14H,1-4H3/q4*+1. The molecule has 0 aliphatic carbocycles. The number of fused-ring (bicyclic) bond motifs is 4. The van der Waals surface area contributed by atoms with Gasteiger partial charge in [-0.2, -0.15) is 0 Å². The second-order valence-corrected chi connectivity index (χ2v) is 28.3. The summed E-state index contributed by atoms with van der Waals surface area (Å²) in [5.41, 5.74) is 35.1. The number of nitrogens with zero attached hydrogens (tertiary/aromatic N) is 9. The summed E-state index contributed by atoms with van der Waals surface area (Å²) in [7, 11) is 8.50. The van der Waals surface area contributed by atoms with E-state index in [1.807, 2.05) is 55.2 Å². The van der Waals surface area contributed by atoms with Crippen LogP contribution >= 0.6 is 0 Å². The number of hydrogen-bond acceptors (Lipinski definition) is 5. The van der Waals surface area contributed by atoms with Gasteiger partial charge in [0.25, 0.3) is 0 Å². The van der Waals surface area contributed by atoms with Gasteiger partial charge in [-0.15, -0.1) is 0 Å². The maximum Gasteiger partial charge on any atom is 0.213 e. The quantitative estimate of drug-likeness (QED) is 0.142. The first kappa shape index (κ1) is 70.4. The summed E-state index contributed by atoms with van der Waals surface area (Å²) in [6, 6.07) is 69.8. The van der Waals surface area contributed by atoms with Crippen LogP contribution in [-0.2, 0) is 28.2 Å². The molecule has 104 heavy (non-hydrogen) atoms. The first-order valence-electron chi connectivity index (χ1n) is 35.7. The van der Waals surface area contributed by atoms with Crippen molar-refractivity contribution in [3.05, 3.63) is 329 Å². The second-order valence-electron chi connectivity index (χ2n) is 28.3. The Hall–Kier alpha value is -12.1. The zero-order chi connectivity index (χ0) is 73.0. The van der Waals surface area contributed by atoms with Gasteiger partial charge < -0.3 is 0 Å².